The van der Waals surface area contributed by atoms with Gasteiger partial charge in [0, 0.05) is 39.3 Å². The van der Waals surface area contributed by atoms with Crippen molar-refractivity contribution in [3.63, 3.8) is 0 Å². The second kappa shape index (κ2) is 15.3. The van der Waals surface area contributed by atoms with E-state index in [2.05, 4.69) is 16.0 Å². The first-order valence-corrected chi connectivity index (χ1v) is 22.9. The number of rotatable bonds is 8. The fourth-order valence-corrected chi connectivity index (χ4v) is 17.1. The molecule has 12 nitrogen and oxygen atoms in total. The molecule has 0 aliphatic carbocycles. The highest BCUT2D eigenvalue weighted by molar-refractivity contribution is 8.12. The Hall–Kier alpha value is -3.48. The first-order valence-electron chi connectivity index (χ1n) is 17.0. The summed E-state index contributed by atoms with van der Waals surface area (Å²) in [5, 5.41) is 8.97. The number of sulfonamides is 1. The Morgan fingerprint density at radius 2 is 0.774 bits per heavy atom. The Balaban J connectivity index is 2.07. The standard InChI is InChI=1S/C37H46N4O8S4/c1-28-6-14-32(15-7-28)50(42,43)36(5)37(51(44,45)33-16-8-29(2)9-17-33,52(46,47)34-18-10-30(3)11-19-34)40-25-24-38-22-23-39-26-27-41(36)53(48,49)35-20-12-31(4)13-21-35/h6-21,38-40H,22-27H2,1-5H3. The van der Waals surface area contributed by atoms with Crippen LogP contribution in [0.25, 0.3) is 0 Å². The second-order valence-corrected chi connectivity index (χ2v) is 21.9. The molecule has 1 fully saturated rings. The van der Waals surface area contributed by atoms with Crippen LogP contribution in [0.15, 0.2) is 117 Å². The maximum absolute atomic E-state index is 15.8. The molecule has 0 saturated carbocycles. The van der Waals surface area contributed by atoms with E-state index in [-0.39, 0.29) is 18.0 Å². The number of nitrogens with zero attached hydrogens (tertiary/aromatic N) is 1. The van der Waals surface area contributed by atoms with Crippen LogP contribution in [0.3, 0.4) is 0 Å². The van der Waals surface area contributed by atoms with Gasteiger partial charge in [0.1, 0.15) is 0 Å². The molecule has 5 rings (SSSR count). The van der Waals surface area contributed by atoms with Crippen LogP contribution in [-0.4, -0.2) is 86.3 Å². The van der Waals surface area contributed by atoms with Gasteiger partial charge in [0.2, 0.25) is 39.5 Å². The Morgan fingerprint density at radius 1 is 0.453 bits per heavy atom. The van der Waals surface area contributed by atoms with Gasteiger partial charge in [-0.25, -0.2) is 33.7 Å². The lowest BCUT2D eigenvalue weighted by atomic mass is 10.2. The predicted molar refractivity (Wildman–Crippen MR) is 205 cm³/mol. The molecular weight excluding hydrogens is 757 g/mol. The number of hydrogen-bond donors (Lipinski definition) is 3. The van der Waals surface area contributed by atoms with Gasteiger partial charge in [-0.05, 0) is 83.1 Å². The van der Waals surface area contributed by atoms with Crippen molar-refractivity contribution in [2.45, 2.75) is 63.3 Å². The largest absolute Gasteiger partial charge is 0.314 e. The smallest absolute Gasteiger partial charge is 0.266 e. The summed E-state index contributed by atoms with van der Waals surface area (Å²) in [4.78, 5) is -5.22. The number of benzene rings is 4. The average Bonchev–Trinajstić information content (AvgIpc) is 3.10. The van der Waals surface area contributed by atoms with E-state index >= 15 is 33.7 Å². The molecule has 1 saturated heterocycles. The summed E-state index contributed by atoms with van der Waals surface area (Å²) in [5.74, 6) is 0. The molecule has 4 aromatic rings. The van der Waals surface area contributed by atoms with Crippen molar-refractivity contribution < 1.29 is 33.7 Å². The number of aryl methyl sites for hydroxylation is 4. The molecule has 4 aromatic carbocycles. The lowest BCUT2D eigenvalue weighted by molar-refractivity contribution is 0.233. The van der Waals surface area contributed by atoms with E-state index in [9.17, 15) is 0 Å². The van der Waals surface area contributed by atoms with Crippen LogP contribution in [0.1, 0.15) is 29.2 Å². The van der Waals surface area contributed by atoms with E-state index in [1.165, 1.54) is 97.1 Å². The van der Waals surface area contributed by atoms with Crippen molar-refractivity contribution in [2.24, 2.45) is 0 Å². The van der Waals surface area contributed by atoms with E-state index in [1.807, 2.05) is 0 Å². The first kappa shape index (κ1) is 40.7. The summed E-state index contributed by atoms with van der Waals surface area (Å²) in [7, 11) is -21.3. The van der Waals surface area contributed by atoms with E-state index in [4.69, 9.17) is 0 Å². The predicted octanol–water partition coefficient (Wildman–Crippen LogP) is 3.49. The van der Waals surface area contributed by atoms with Gasteiger partial charge in [0.25, 0.3) is 4.20 Å². The van der Waals surface area contributed by atoms with Crippen molar-refractivity contribution in [2.75, 3.05) is 39.3 Å². The molecule has 0 spiro atoms. The third kappa shape index (κ3) is 7.11. The van der Waals surface area contributed by atoms with E-state index in [0.717, 1.165) is 6.92 Å². The van der Waals surface area contributed by atoms with Crippen molar-refractivity contribution in [1.29, 1.82) is 0 Å². The minimum Gasteiger partial charge on any atom is -0.314 e. The normalized spacial score (nSPS) is 19.9. The molecule has 3 N–H and O–H groups in total. The highest BCUT2D eigenvalue weighted by Gasteiger charge is 2.76. The van der Waals surface area contributed by atoms with E-state index < -0.39 is 76.4 Å². The number of hydrogen-bond acceptors (Lipinski definition) is 11. The summed E-state index contributed by atoms with van der Waals surface area (Å²) >= 11 is 0. The van der Waals surface area contributed by atoms with E-state index in [0.29, 0.717) is 39.6 Å². The van der Waals surface area contributed by atoms with Crippen LogP contribution in [-0.2, 0) is 39.5 Å². The lowest BCUT2D eigenvalue weighted by Crippen LogP contribution is -2.79. The fraction of sp³-hybridized carbons (Fsp3) is 0.351. The van der Waals surface area contributed by atoms with Crippen LogP contribution in [0.2, 0.25) is 0 Å². The maximum atomic E-state index is 15.8. The molecule has 0 amide bonds. The van der Waals surface area contributed by atoms with Crippen LogP contribution in [0.4, 0.5) is 0 Å². The Kier molecular flexibility index (Phi) is 11.8. The monoisotopic (exact) mass is 802 g/mol. The maximum Gasteiger partial charge on any atom is 0.266 e. The van der Waals surface area contributed by atoms with Crippen molar-refractivity contribution in [1.82, 2.24) is 20.3 Å². The molecule has 0 radical (unpaired) electrons. The number of nitrogens with one attached hydrogen (secondary N) is 3. The van der Waals surface area contributed by atoms with Gasteiger partial charge in [-0.3, -0.25) is 5.32 Å². The van der Waals surface area contributed by atoms with Gasteiger partial charge >= 0.3 is 0 Å². The quantitative estimate of drug-likeness (QED) is 0.238. The molecule has 53 heavy (non-hydrogen) atoms. The zero-order valence-electron chi connectivity index (χ0n) is 30.3. The molecule has 1 heterocycles. The average molecular weight is 803 g/mol. The lowest BCUT2D eigenvalue weighted by Gasteiger charge is -2.51. The molecule has 286 valence electrons. The van der Waals surface area contributed by atoms with E-state index in [1.54, 1.807) is 27.7 Å². The van der Waals surface area contributed by atoms with Crippen molar-refractivity contribution >= 4 is 39.5 Å². The van der Waals surface area contributed by atoms with Crippen LogP contribution < -0.4 is 16.0 Å². The van der Waals surface area contributed by atoms with Gasteiger partial charge in [0.05, 0.1) is 19.6 Å². The second-order valence-electron chi connectivity index (χ2n) is 13.4. The van der Waals surface area contributed by atoms with Crippen LogP contribution in [0.5, 0.6) is 0 Å². The summed E-state index contributed by atoms with van der Waals surface area (Å²) in [6, 6.07) is 21.7. The van der Waals surface area contributed by atoms with Gasteiger partial charge in [-0.2, -0.15) is 4.31 Å². The molecule has 1 aliphatic heterocycles. The molecular formula is C37H46N4O8S4. The van der Waals surface area contributed by atoms with Gasteiger partial charge in [-0.15, -0.1) is 0 Å². The number of sulfone groups is 3. The summed E-state index contributed by atoms with van der Waals surface area (Å²) in [6.45, 7) is 7.33. The molecule has 1 atom stereocenters. The third-order valence-electron chi connectivity index (χ3n) is 9.60. The molecule has 0 bridgehead atoms. The zero-order valence-corrected chi connectivity index (χ0v) is 33.6. The summed E-state index contributed by atoms with van der Waals surface area (Å²) in [6.07, 6.45) is 0. The van der Waals surface area contributed by atoms with Crippen molar-refractivity contribution in [3.05, 3.63) is 119 Å². The Morgan fingerprint density at radius 3 is 1.17 bits per heavy atom. The third-order valence-corrected chi connectivity index (χ3v) is 20.1. The Labute approximate surface area is 313 Å². The van der Waals surface area contributed by atoms with Gasteiger partial charge in [-0.1, -0.05) is 70.8 Å². The van der Waals surface area contributed by atoms with Gasteiger partial charge in [0.15, 0.2) is 4.87 Å². The Bertz CT molecular complexity index is 2290. The van der Waals surface area contributed by atoms with Crippen molar-refractivity contribution in [3.8, 4) is 0 Å². The SMILES string of the molecule is Cc1ccc(S(=O)(=O)N2CCNCCNCCNC(S(=O)(=O)c3ccc(C)cc3)(S(=O)(=O)c3ccc(C)cc3)C2(C)S(=O)(=O)c2ccc(C)cc2)cc1. The van der Waals surface area contributed by atoms with Crippen LogP contribution >= 0.6 is 0 Å². The minimum absolute atomic E-state index is 0.00162. The molecule has 16 heteroatoms. The summed E-state index contributed by atoms with van der Waals surface area (Å²) in [5.41, 5.74) is 2.68. The fourth-order valence-electron chi connectivity index (χ4n) is 6.51. The first-order chi connectivity index (χ1) is 24.8. The highest BCUT2D eigenvalue weighted by atomic mass is 32.3. The topological polar surface area (TPSA) is 176 Å². The molecule has 1 unspecified atom stereocenters. The zero-order chi connectivity index (χ0) is 38.9. The van der Waals surface area contributed by atoms with Gasteiger partial charge < -0.3 is 10.6 Å². The highest BCUT2D eigenvalue weighted by Crippen LogP contribution is 2.50. The van der Waals surface area contributed by atoms with Crippen LogP contribution in [0, 0.1) is 27.7 Å². The molecule has 0 aromatic heterocycles. The minimum atomic E-state index is -5.47. The summed E-state index contributed by atoms with van der Waals surface area (Å²) < 4.78 is 122. The molecule has 1 aliphatic rings.